The Bertz CT molecular complexity index is 667. The van der Waals surface area contributed by atoms with Gasteiger partial charge in [-0.05, 0) is 37.5 Å². The minimum Gasteiger partial charge on any atom is -0.115 e. The van der Waals surface area contributed by atoms with Gasteiger partial charge < -0.3 is 0 Å². The summed E-state index contributed by atoms with van der Waals surface area (Å²) in [6.45, 7) is 15.9. The summed E-state index contributed by atoms with van der Waals surface area (Å²) in [6.07, 6.45) is 7.20. The number of hydrogen-bond acceptors (Lipinski definition) is 0. The van der Waals surface area contributed by atoms with E-state index in [1.54, 1.807) is 0 Å². The fourth-order valence-electron chi connectivity index (χ4n) is 1.95. The summed E-state index contributed by atoms with van der Waals surface area (Å²) in [4.78, 5) is 0. The monoisotopic (exact) mass is 302 g/mol. The fourth-order valence-corrected chi connectivity index (χ4v) is 1.95. The fraction of sp³-hybridized carbons (Fsp3) is 0.130. The lowest BCUT2D eigenvalue weighted by atomic mass is 9.97. The molecular formula is C23H26. The minimum absolute atomic E-state index is 0.925. The highest BCUT2D eigenvalue weighted by Gasteiger charge is 2.02. The van der Waals surface area contributed by atoms with Gasteiger partial charge in [0.2, 0.25) is 0 Å². The van der Waals surface area contributed by atoms with Crippen LogP contribution in [0.1, 0.15) is 23.6 Å². The average molecular weight is 302 g/mol. The number of allylic oxidation sites excluding steroid dienone is 3. The van der Waals surface area contributed by atoms with Crippen molar-refractivity contribution in [1.82, 2.24) is 0 Å². The van der Waals surface area contributed by atoms with Gasteiger partial charge in [0.1, 0.15) is 0 Å². The topological polar surface area (TPSA) is 0 Å². The minimum atomic E-state index is 0.925. The van der Waals surface area contributed by atoms with E-state index in [2.05, 4.69) is 63.8 Å². The Morgan fingerprint density at radius 2 is 1.48 bits per heavy atom. The second kappa shape index (κ2) is 11.8. The molecule has 0 aromatic heterocycles. The maximum absolute atomic E-state index is 5.38. The Morgan fingerprint density at radius 1 is 0.957 bits per heavy atom. The number of rotatable bonds is 2. The maximum atomic E-state index is 5.38. The van der Waals surface area contributed by atoms with Gasteiger partial charge in [-0.25, -0.2) is 0 Å². The molecule has 0 heterocycles. The number of hydrogen-bond donors (Lipinski definition) is 0. The Kier molecular flexibility index (Phi) is 10.4. The van der Waals surface area contributed by atoms with Gasteiger partial charge >= 0.3 is 0 Å². The summed E-state index contributed by atoms with van der Waals surface area (Å²) in [7, 11) is 0. The van der Waals surface area contributed by atoms with E-state index in [4.69, 9.17) is 6.42 Å². The van der Waals surface area contributed by atoms with Gasteiger partial charge in [0.15, 0.2) is 0 Å². The van der Waals surface area contributed by atoms with Crippen molar-refractivity contribution in [3.05, 3.63) is 103 Å². The molecule has 0 saturated heterocycles. The molecule has 0 atom stereocenters. The third-order valence-corrected chi connectivity index (χ3v) is 3.20. The molecule has 0 aliphatic heterocycles. The summed E-state index contributed by atoms with van der Waals surface area (Å²) in [6, 6.07) is 18.4. The average Bonchev–Trinajstić information content (AvgIpc) is 2.60. The summed E-state index contributed by atoms with van der Waals surface area (Å²) < 4.78 is 0. The van der Waals surface area contributed by atoms with E-state index in [-0.39, 0.29) is 0 Å². The van der Waals surface area contributed by atoms with Crippen LogP contribution in [0.15, 0.2) is 86.0 Å². The van der Waals surface area contributed by atoms with E-state index < -0.39 is 0 Å². The first-order valence-corrected chi connectivity index (χ1v) is 7.47. The predicted octanol–water partition coefficient (Wildman–Crippen LogP) is 6.38. The molecule has 0 heteroatoms. The van der Waals surface area contributed by atoms with E-state index in [1.807, 2.05) is 43.3 Å². The Morgan fingerprint density at radius 3 is 1.87 bits per heavy atom. The molecule has 0 N–H and O–H groups in total. The van der Waals surface area contributed by atoms with Crippen molar-refractivity contribution in [3.8, 4) is 12.3 Å². The molecule has 23 heavy (non-hydrogen) atoms. The van der Waals surface area contributed by atoms with Crippen LogP contribution in [0.3, 0.4) is 0 Å². The zero-order valence-corrected chi connectivity index (χ0v) is 14.5. The SMILES string of the molecule is C#C/C(C)=C(/C=C)c1ccccc1C.C=C.Cc1ccccc1. The van der Waals surface area contributed by atoms with Crippen LogP contribution in [-0.4, -0.2) is 0 Å². The zero-order chi connectivity index (χ0) is 17.7. The van der Waals surface area contributed by atoms with Gasteiger partial charge in [0.25, 0.3) is 0 Å². The van der Waals surface area contributed by atoms with E-state index in [1.165, 1.54) is 11.1 Å². The molecule has 118 valence electrons. The van der Waals surface area contributed by atoms with E-state index >= 15 is 0 Å². The summed E-state index contributed by atoms with van der Waals surface area (Å²) in [5.74, 6) is 2.65. The normalized spacial score (nSPS) is 9.83. The van der Waals surface area contributed by atoms with Gasteiger partial charge in [0, 0.05) is 5.57 Å². The molecular weight excluding hydrogens is 276 g/mol. The van der Waals surface area contributed by atoms with Crippen LogP contribution < -0.4 is 0 Å². The molecule has 0 bridgehead atoms. The van der Waals surface area contributed by atoms with Gasteiger partial charge in [-0.15, -0.1) is 19.6 Å². The van der Waals surface area contributed by atoms with Crippen LogP contribution in [0.2, 0.25) is 0 Å². The highest BCUT2D eigenvalue weighted by molar-refractivity contribution is 5.80. The summed E-state index contributed by atoms with van der Waals surface area (Å²) >= 11 is 0. The van der Waals surface area contributed by atoms with Crippen molar-refractivity contribution in [2.45, 2.75) is 20.8 Å². The highest BCUT2D eigenvalue weighted by atomic mass is 14.1. The molecule has 2 aromatic carbocycles. The molecule has 0 spiro atoms. The lowest BCUT2D eigenvalue weighted by Gasteiger charge is -2.07. The Balaban J connectivity index is 0.000000449. The maximum Gasteiger partial charge on any atom is 0.00648 e. The van der Waals surface area contributed by atoms with Gasteiger partial charge in [-0.1, -0.05) is 78.7 Å². The van der Waals surface area contributed by atoms with Crippen LogP contribution in [0.5, 0.6) is 0 Å². The second-order valence-electron chi connectivity index (χ2n) is 4.86. The summed E-state index contributed by atoms with van der Waals surface area (Å²) in [5, 5.41) is 0. The van der Waals surface area contributed by atoms with E-state index in [9.17, 15) is 0 Å². The highest BCUT2D eigenvalue weighted by Crippen LogP contribution is 2.22. The standard InChI is InChI=1S/C14H14.C7H8.C2H4/c1-5-11(3)13(6-2)14-10-8-7-9-12(14)4;1-7-5-3-2-4-6-7;1-2/h1,6-10H,2H2,3-4H3;2-6H,1H3;1-2H2/b13-11-;;. The quantitative estimate of drug-likeness (QED) is 0.343. The Hall–Kier alpha value is -2.78. The van der Waals surface area contributed by atoms with E-state index in [0.717, 1.165) is 16.7 Å². The third-order valence-electron chi connectivity index (χ3n) is 3.20. The van der Waals surface area contributed by atoms with E-state index in [0.29, 0.717) is 0 Å². The second-order valence-corrected chi connectivity index (χ2v) is 4.86. The van der Waals surface area contributed by atoms with Crippen molar-refractivity contribution in [2.24, 2.45) is 0 Å². The Labute approximate surface area is 141 Å². The molecule has 0 unspecified atom stereocenters. The van der Waals surface area contributed by atoms with Crippen molar-refractivity contribution in [1.29, 1.82) is 0 Å². The third kappa shape index (κ3) is 7.16. The first-order chi connectivity index (χ1) is 11.1. The van der Waals surface area contributed by atoms with Crippen molar-refractivity contribution in [2.75, 3.05) is 0 Å². The number of aryl methyl sites for hydroxylation is 2. The smallest absolute Gasteiger partial charge is 0.00648 e. The molecule has 0 saturated carbocycles. The van der Waals surface area contributed by atoms with Gasteiger partial charge in [0.05, 0.1) is 0 Å². The largest absolute Gasteiger partial charge is 0.115 e. The predicted molar refractivity (Wildman–Crippen MR) is 105 cm³/mol. The lowest BCUT2D eigenvalue weighted by Crippen LogP contribution is -1.88. The first-order valence-electron chi connectivity index (χ1n) is 7.47. The van der Waals surface area contributed by atoms with Crippen LogP contribution >= 0.6 is 0 Å². The molecule has 0 nitrogen and oxygen atoms in total. The number of benzene rings is 2. The van der Waals surface area contributed by atoms with Crippen LogP contribution in [-0.2, 0) is 0 Å². The van der Waals surface area contributed by atoms with Crippen molar-refractivity contribution < 1.29 is 0 Å². The van der Waals surface area contributed by atoms with Crippen molar-refractivity contribution >= 4 is 5.57 Å². The number of terminal acetylenes is 1. The van der Waals surface area contributed by atoms with Crippen LogP contribution in [0, 0.1) is 26.2 Å². The molecule has 0 radical (unpaired) electrons. The molecule has 0 aliphatic carbocycles. The zero-order valence-electron chi connectivity index (χ0n) is 14.5. The lowest BCUT2D eigenvalue weighted by molar-refractivity contribution is 1.41. The molecule has 2 rings (SSSR count). The van der Waals surface area contributed by atoms with Crippen molar-refractivity contribution in [3.63, 3.8) is 0 Å². The molecule has 2 aromatic rings. The first kappa shape index (κ1) is 20.2. The molecule has 0 fully saturated rings. The van der Waals surface area contributed by atoms with Gasteiger partial charge in [-0.2, -0.15) is 0 Å². The summed E-state index contributed by atoms with van der Waals surface area (Å²) in [5.41, 5.74) is 5.68. The van der Waals surface area contributed by atoms with Crippen LogP contribution in [0.4, 0.5) is 0 Å². The van der Waals surface area contributed by atoms with Gasteiger partial charge in [-0.3, -0.25) is 0 Å². The molecule has 0 amide bonds. The molecule has 0 aliphatic rings. The van der Waals surface area contributed by atoms with Crippen LogP contribution in [0.25, 0.3) is 5.57 Å².